The lowest BCUT2D eigenvalue weighted by molar-refractivity contribution is -0.119. The SMILES string of the molecule is CC(=O)NCC1CN(c2ccc(N3CCC(=CC#N)[C@H](F)C3)c(F)c2)C(=O)O1. The minimum Gasteiger partial charge on any atom is -0.442 e. The third kappa shape index (κ3) is 4.22. The van der Waals surface area contributed by atoms with Crippen molar-refractivity contribution in [3.63, 3.8) is 0 Å². The summed E-state index contributed by atoms with van der Waals surface area (Å²) < 4.78 is 34.0. The first-order valence-electron chi connectivity index (χ1n) is 8.88. The van der Waals surface area contributed by atoms with Crippen molar-refractivity contribution in [2.24, 2.45) is 0 Å². The van der Waals surface area contributed by atoms with Crippen LogP contribution in [0.2, 0.25) is 0 Å². The molecule has 0 spiro atoms. The van der Waals surface area contributed by atoms with Crippen molar-refractivity contribution < 1.29 is 23.1 Å². The number of nitrogens with zero attached hydrogens (tertiary/aromatic N) is 3. The molecule has 9 heteroatoms. The van der Waals surface area contributed by atoms with Crippen LogP contribution < -0.4 is 15.1 Å². The van der Waals surface area contributed by atoms with Crippen LogP contribution in [0.15, 0.2) is 29.8 Å². The Hall–Kier alpha value is -3.15. The number of hydrogen-bond donors (Lipinski definition) is 1. The molecule has 2 amide bonds. The molecule has 2 aliphatic heterocycles. The smallest absolute Gasteiger partial charge is 0.414 e. The standard InChI is InChI=1S/C19H20F2N4O3/c1-12(26)23-9-15-10-25(19(27)28-15)14-2-3-18(16(20)8-14)24-7-5-13(4-6-22)17(21)11-24/h2-4,8,15,17H,5,7,9-11H2,1H3,(H,23,26)/t15?,17-/m1/s1. The van der Waals surface area contributed by atoms with Crippen molar-refractivity contribution in [1.29, 1.82) is 5.26 Å². The van der Waals surface area contributed by atoms with E-state index in [1.54, 1.807) is 11.0 Å². The molecule has 28 heavy (non-hydrogen) atoms. The Bertz CT molecular complexity index is 852. The van der Waals surface area contributed by atoms with Crippen molar-refractivity contribution >= 4 is 23.4 Å². The Balaban J connectivity index is 1.69. The van der Waals surface area contributed by atoms with E-state index in [1.807, 2.05) is 6.07 Å². The Morgan fingerprint density at radius 1 is 1.46 bits per heavy atom. The molecule has 2 saturated heterocycles. The summed E-state index contributed by atoms with van der Waals surface area (Å²) in [5, 5.41) is 11.2. The van der Waals surface area contributed by atoms with E-state index in [9.17, 15) is 18.4 Å². The van der Waals surface area contributed by atoms with Gasteiger partial charge in [0.25, 0.3) is 0 Å². The lowest BCUT2D eigenvalue weighted by atomic mass is 10.0. The molecule has 0 aliphatic carbocycles. The van der Waals surface area contributed by atoms with E-state index in [0.717, 1.165) is 0 Å². The monoisotopic (exact) mass is 390 g/mol. The second kappa shape index (κ2) is 8.25. The number of anilines is 2. The molecule has 1 aromatic rings. The maximum Gasteiger partial charge on any atom is 0.414 e. The molecule has 2 aliphatic rings. The molecule has 7 nitrogen and oxygen atoms in total. The van der Waals surface area contributed by atoms with Gasteiger partial charge in [0.15, 0.2) is 0 Å². The lowest BCUT2D eigenvalue weighted by Gasteiger charge is -2.32. The number of allylic oxidation sites excluding steroid dienone is 1. The summed E-state index contributed by atoms with van der Waals surface area (Å²) in [7, 11) is 0. The molecule has 0 bridgehead atoms. The van der Waals surface area contributed by atoms with Gasteiger partial charge < -0.3 is 15.0 Å². The highest BCUT2D eigenvalue weighted by Gasteiger charge is 2.33. The van der Waals surface area contributed by atoms with E-state index in [2.05, 4.69) is 5.32 Å². The van der Waals surface area contributed by atoms with Crippen LogP contribution in [0.4, 0.5) is 25.0 Å². The molecule has 1 aromatic carbocycles. The van der Waals surface area contributed by atoms with Crippen LogP contribution >= 0.6 is 0 Å². The van der Waals surface area contributed by atoms with Crippen molar-refractivity contribution in [3.8, 4) is 6.07 Å². The molecule has 2 heterocycles. The minimum atomic E-state index is -1.32. The quantitative estimate of drug-likeness (QED) is 0.798. The van der Waals surface area contributed by atoms with Crippen LogP contribution in [-0.2, 0) is 9.53 Å². The zero-order valence-corrected chi connectivity index (χ0v) is 15.3. The number of amides is 2. The second-order valence-electron chi connectivity index (χ2n) is 6.70. The predicted octanol–water partition coefficient (Wildman–Crippen LogP) is 2.29. The number of rotatable bonds is 4. The van der Waals surface area contributed by atoms with Gasteiger partial charge in [0.2, 0.25) is 5.91 Å². The highest BCUT2D eigenvalue weighted by molar-refractivity contribution is 5.90. The third-order valence-electron chi connectivity index (χ3n) is 4.74. The zero-order valence-electron chi connectivity index (χ0n) is 15.3. The predicted molar refractivity (Wildman–Crippen MR) is 98.1 cm³/mol. The molecule has 0 saturated carbocycles. The van der Waals surface area contributed by atoms with Gasteiger partial charge >= 0.3 is 6.09 Å². The maximum absolute atomic E-state index is 14.7. The van der Waals surface area contributed by atoms with Gasteiger partial charge in [0.1, 0.15) is 18.1 Å². The normalized spacial score (nSPS) is 23.5. The van der Waals surface area contributed by atoms with Crippen LogP contribution in [0.25, 0.3) is 0 Å². The molecule has 2 fully saturated rings. The number of carbonyl (C=O) groups is 2. The van der Waals surface area contributed by atoms with Crippen molar-refractivity contribution in [3.05, 3.63) is 35.7 Å². The summed E-state index contributed by atoms with van der Waals surface area (Å²) in [6.45, 7) is 2.10. The van der Waals surface area contributed by atoms with E-state index in [1.165, 1.54) is 30.0 Å². The Morgan fingerprint density at radius 3 is 2.89 bits per heavy atom. The van der Waals surface area contributed by atoms with Gasteiger partial charge in [0, 0.05) is 19.5 Å². The fourth-order valence-corrected chi connectivity index (χ4v) is 3.30. The lowest BCUT2D eigenvalue weighted by Crippen LogP contribution is -2.38. The molecule has 1 N–H and O–H groups in total. The molecular formula is C19H20F2N4O3. The van der Waals surface area contributed by atoms with Gasteiger partial charge in [-0.15, -0.1) is 0 Å². The summed E-state index contributed by atoms with van der Waals surface area (Å²) in [4.78, 5) is 25.9. The number of benzene rings is 1. The molecule has 148 valence electrons. The van der Waals surface area contributed by atoms with Crippen molar-refractivity contribution in [2.75, 3.05) is 36.0 Å². The maximum atomic E-state index is 14.7. The zero-order chi connectivity index (χ0) is 20.3. The first-order chi connectivity index (χ1) is 13.4. The van der Waals surface area contributed by atoms with Gasteiger partial charge in [-0.2, -0.15) is 5.26 Å². The molecule has 0 radical (unpaired) electrons. The Labute approximate surface area is 161 Å². The number of piperidine rings is 1. The largest absolute Gasteiger partial charge is 0.442 e. The molecule has 1 unspecified atom stereocenters. The summed E-state index contributed by atoms with van der Waals surface area (Å²) in [6.07, 6.45) is -0.901. The average molecular weight is 390 g/mol. The Morgan fingerprint density at radius 2 is 2.25 bits per heavy atom. The first-order valence-corrected chi connectivity index (χ1v) is 8.88. The molecule has 2 atom stereocenters. The molecule has 0 aromatic heterocycles. The highest BCUT2D eigenvalue weighted by atomic mass is 19.1. The van der Waals surface area contributed by atoms with Crippen LogP contribution in [0, 0.1) is 17.1 Å². The first kappa shape index (κ1) is 19.6. The average Bonchev–Trinajstić information content (AvgIpc) is 3.02. The summed E-state index contributed by atoms with van der Waals surface area (Å²) >= 11 is 0. The number of halogens is 2. The number of carbonyl (C=O) groups excluding carboxylic acids is 2. The second-order valence-corrected chi connectivity index (χ2v) is 6.70. The van der Waals surface area contributed by atoms with E-state index >= 15 is 0 Å². The Kier molecular flexibility index (Phi) is 5.78. The van der Waals surface area contributed by atoms with E-state index < -0.39 is 24.2 Å². The molecule has 3 rings (SSSR count). The van der Waals surface area contributed by atoms with E-state index in [0.29, 0.717) is 24.2 Å². The fraction of sp³-hybridized carbons (Fsp3) is 0.421. The van der Waals surface area contributed by atoms with Gasteiger partial charge in [-0.1, -0.05) is 0 Å². The number of alkyl halides is 1. The van der Waals surface area contributed by atoms with Gasteiger partial charge in [-0.25, -0.2) is 13.6 Å². The van der Waals surface area contributed by atoms with Crippen molar-refractivity contribution in [1.82, 2.24) is 5.32 Å². The van der Waals surface area contributed by atoms with Crippen LogP contribution in [0.3, 0.4) is 0 Å². The fourth-order valence-electron chi connectivity index (χ4n) is 3.30. The third-order valence-corrected chi connectivity index (χ3v) is 4.74. The van der Waals surface area contributed by atoms with E-state index in [-0.39, 0.29) is 31.2 Å². The highest BCUT2D eigenvalue weighted by Crippen LogP contribution is 2.31. The summed E-state index contributed by atoms with van der Waals surface area (Å²) in [5.41, 5.74) is 0.987. The number of nitrogens with one attached hydrogen (secondary N) is 1. The van der Waals surface area contributed by atoms with E-state index in [4.69, 9.17) is 10.00 Å². The number of ether oxygens (including phenoxy) is 1. The number of hydrogen-bond acceptors (Lipinski definition) is 5. The number of nitriles is 1. The van der Waals surface area contributed by atoms with Crippen LogP contribution in [0.5, 0.6) is 0 Å². The van der Waals surface area contributed by atoms with Gasteiger partial charge in [-0.05, 0) is 30.2 Å². The minimum absolute atomic E-state index is 0.0334. The van der Waals surface area contributed by atoms with Crippen LogP contribution in [-0.4, -0.2) is 50.5 Å². The summed E-state index contributed by atoms with van der Waals surface area (Å²) in [6, 6.07) is 6.12. The topological polar surface area (TPSA) is 85.7 Å². The van der Waals surface area contributed by atoms with Crippen LogP contribution in [0.1, 0.15) is 13.3 Å². The van der Waals surface area contributed by atoms with Crippen molar-refractivity contribution in [2.45, 2.75) is 25.6 Å². The van der Waals surface area contributed by atoms with Gasteiger partial charge in [0.05, 0.1) is 37.1 Å². The summed E-state index contributed by atoms with van der Waals surface area (Å²) in [5.74, 6) is -0.805. The molecular weight excluding hydrogens is 370 g/mol. The van der Waals surface area contributed by atoms with Gasteiger partial charge in [-0.3, -0.25) is 9.69 Å². The number of cyclic esters (lactones) is 1.